The van der Waals surface area contributed by atoms with E-state index in [1.165, 1.54) is 0 Å². The molecule has 1 aromatic heterocycles. The SMILES string of the molecule is CCc1nn(C)c(Cl)c1CN1CCCC(c2cccc(C(=O)O)c2)C1. The Hall–Kier alpha value is -1.85. The summed E-state index contributed by atoms with van der Waals surface area (Å²) in [6.07, 6.45) is 3.05. The number of likely N-dealkylation sites (tertiary alicyclic amines) is 1. The summed E-state index contributed by atoms with van der Waals surface area (Å²) < 4.78 is 1.74. The third-order valence-electron chi connectivity index (χ3n) is 4.98. The quantitative estimate of drug-likeness (QED) is 0.881. The van der Waals surface area contributed by atoms with Gasteiger partial charge in [-0.2, -0.15) is 5.10 Å². The van der Waals surface area contributed by atoms with Crippen molar-refractivity contribution < 1.29 is 9.90 Å². The first-order valence-corrected chi connectivity index (χ1v) is 9.13. The molecule has 1 unspecified atom stereocenters. The molecule has 0 saturated carbocycles. The van der Waals surface area contributed by atoms with Gasteiger partial charge in [-0.05, 0) is 49.4 Å². The summed E-state index contributed by atoms with van der Waals surface area (Å²) in [5, 5.41) is 14.4. The number of hydrogen-bond acceptors (Lipinski definition) is 3. The van der Waals surface area contributed by atoms with Gasteiger partial charge in [0.2, 0.25) is 0 Å². The molecule has 0 bridgehead atoms. The van der Waals surface area contributed by atoms with E-state index in [1.54, 1.807) is 10.7 Å². The van der Waals surface area contributed by atoms with E-state index in [1.807, 2.05) is 25.2 Å². The van der Waals surface area contributed by atoms with Crippen molar-refractivity contribution in [2.45, 2.75) is 38.6 Å². The van der Waals surface area contributed by atoms with Crippen LogP contribution in [0.25, 0.3) is 0 Å². The van der Waals surface area contributed by atoms with Crippen LogP contribution < -0.4 is 0 Å². The predicted octanol–water partition coefficient (Wildman–Crippen LogP) is 3.71. The van der Waals surface area contributed by atoms with Crippen LogP contribution in [0.1, 0.15) is 52.9 Å². The lowest BCUT2D eigenvalue weighted by atomic mass is 9.89. The van der Waals surface area contributed by atoms with Crippen LogP contribution in [0, 0.1) is 0 Å². The third kappa shape index (κ3) is 3.88. The van der Waals surface area contributed by atoms with E-state index < -0.39 is 5.97 Å². The Kier molecular flexibility index (Phi) is 5.45. The molecule has 1 saturated heterocycles. The van der Waals surface area contributed by atoms with Gasteiger partial charge in [-0.25, -0.2) is 4.79 Å². The number of rotatable bonds is 5. The van der Waals surface area contributed by atoms with Crippen LogP contribution >= 0.6 is 11.6 Å². The highest BCUT2D eigenvalue weighted by Gasteiger charge is 2.24. The minimum atomic E-state index is -0.871. The normalized spacial score (nSPS) is 18.4. The van der Waals surface area contributed by atoms with Crippen LogP contribution in [0.5, 0.6) is 0 Å². The highest BCUT2D eigenvalue weighted by atomic mass is 35.5. The van der Waals surface area contributed by atoms with Gasteiger partial charge in [-0.3, -0.25) is 9.58 Å². The molecule has 2 aromatic rings. The molecule has 0 spiro atoms. The van der Waals surface area contributed by atoms with E-state index in [0.717, 1.165) is 55.7 Å². The molecule has 1 N–H and O–H groups in total. The summed E-state index contributed by atoms with van der Waals surface area (Å²) in [6, 6.07) is 7.33. The Morgan fingerprint density at radius 1 is 1.44 bits per heavy atom. The van der Waals surface area contributed by atoms with E-state index in [0.29, 0.717) is 16.6 Å². The first-order chi connectivity index (χ1) is 12.0. The van der Waals surface area contributed by atoms with Crippen molar-refractivity contribution in [2.24, 2.45) is 7.05 Å². The van der Waals surface area contributed by atoms with Gasteiger partial charge in [0.1, 0.15) is 5.15 Å². The number of carboxylic acid groups (broad SMARTS) is 1. The fourth-order valence-electron chi connectivity index (χ4n) is 3.66. The predicted molar refractivity (Wildman–Crippen MR) is 98.2 cm³/mol. The van der Waals surface area contributed by atoms with Crippen LogP contribution in [0.4, 0.5) is 0 Å². The number of nitrogens with zero attached hydrogens (tertiary/aromatic N) is 3. The standard InChI is InChI=1S/C19H24ClN3O2/c1-3-17-16(18(20)22(2)21-17)12-23-9-5-8-15(11-23)13-6-4-7-14(10-13)19(24)25/h4,6-7,10,15H,3,5,8-9,11-12H2,1-2H3,(H,24,25). The van der Waals surface area contributed by atoms with Crippen molar-refractivity contribution in [3.8, 4) is 0 Å². The molecule has 1 fully saturated rings. The van der Waals surface area contributed by atoms with Crippen LogP contribution in [0.2, 0.25) is 5.15 Å². The molecule has 1 atom stereocenters. The summed E-state index contributed by atoms with van der Waals surface area (Å²) in [5.74, 6) is -0.516. The van der Waals surface area contributed by atoms with E-state index in [-0.39, 0.29) is 0 Å². The van der Waals surface area contributed by atoms with Crippen LogP contribution in [-0.2, 0) is 20.0 Å². The van der Waals surface area contributed by atoms with Crippen molar-refractivity contribution in [1.29, 1.82) is 0 Å². The molecular formula is C19H24ClN3O2. The number of hydrogen-bond donors (Lipinski definition) is 1. The number of carboxylic acids is 1. The van der Waals surface area contributed by atoms with Gasteiger partial charge in [0.15, 0.2) is 0 Å². The first kappa shape index (κ1) is 18.0. The molecule has 2 heterocycles. The minimum absolute atomic E-state index is 0.355. The van der Waals surface area contributed by atoms with Gasteiger partial charge in [-0.1, -0.05) is 30.7 Å². The van der Waals surface area contributed by atoms with Gasteiger partial charge < -0.3 is 5.11 Å². The number of aromatic carboxylic acids is 1. The molecule has 25 heavy (non-hydrogen) atoms. The van der Waals surface area contributed by atoms with Gasteiger partial charge >= 0.3 is 5.97 Å². The van der Waals surface area contributed by atoms with Gasteiger partial charge in [0.05, 0.1) is 11.3 Å². The lowest BCUT2D eigenvalue weighted by Crippen LogP contribution is -2.34. The summed E-state index contributed by atoms with van der Waals surface area (Å²) in [5.41, 5.74) is 3.64. The van der Waals surface area contributed by atoms with E-state index in [9.17, 15) is 9.90 Å². The second-order valence-corrected chi connectivity index (χ2v) is 7.06. The lowest BCUT2D eigenvalue weighted by molar-refractivity contribution is 0.0696. The average molecular weight is 362 g/mol. The van der Waals surface area contributed by atoms with Crippen LogP contribution in [0.15, 0.2) is 24.3 Å². The zero-order chi connectivity index (χ0) is 18.0. The topological polar surface area (TPSA) is 58.4 Å². The maximum atomic E-state index is 11.2. The Morgan fingerprint density at radius 2 is 2.24 bits per heavy atom. The van der Waals surface area contributed by atoms with Crippen molar-refractivity contribution in [2.75, 3.05) is 13.1 Å². The van der Waals surface area contributed by atoms with E-state index in [4.69, 9.17) is 11.6 Å². The first-order valence-electron chi connectivity index (χ1n) is 8.75. The second kappa shape index (κ2) is 7.58. The molecule has 1 aliphatic rings. The van der Waals surface area contributed by atoms with Gasteiger partial charge in [0.25, 0.3) is 0 Å². The summed E-state index contributed by atoms with van der Waals surface area (Å²) in [6.45, 7) is 4.84. The highest BCUT2D eigenvalue weighted by molar-refractivity contribution is 6.30. The maximum Gasteiger partial charge on any atom is 0.335 e. The van der Waals surface area contributed by atoms with Crippen molar-refractivity contribution in [1.82, 2.24) is 14.7 Å². The Balaban J connectivity index is 1.76. The molecule has 5 nitrogen and oxygen atoms in total. The lowest BCUT2D eigenvalue weighted by Gasteiger charge is -2.33. The average Bonchev–Trinajstić information content (AvgIpc) is 2.90. The third-order valence-corrected chi connectivity index (χ3v) is 5.45. The summed E-state index contributed by atoms with van der Waals surface area (Å²) >= 11 is 6.43. The van der Waals surface area contributed by atoms with Crippen LogP contribution in [0.3, 0.4) is 0 Å². The van der Waals surface area contributed by atoms with Crippen molar-refractivity contribution in [3.05, 3.63) is 51.8 Å². The number of benzene rings is 1. The maximum absolute atomic E-state index is 11.2. The van der Waals surface area contributed by atoms with Gasteiger partial charge in [-0.15, -0.1) is 0 Å². The minimum Gasteiger partial charge on any atom is -0.478 e. The van der Waals surface area contributed by atoms with Crippen molar-refractivity contribution >= 4 is 17.6 Å². The number of piperidine rings is 1. The fraction of sp³-hybridized carbons (Fsp3) is 0.474. The van der Waals surface area contributed by atoms with E-state index >= 15 is 0 Å². The Labute approximate surface area is 153 Å². The number of aryl methyl sites for hydroxylation is 2. The molecule has 0 radical (unpaired) electrons. The molecular weight excluding hydrogens is 338 g/mol. The zero-order valence-electron chi connectivity index (χ0n) is 14.7. The molecule has 1 aliphatic heterocycles. The van der Waals surface area contributed by atoms with E-state index in [2.05, 4.69) is 16.9 Å². The number of aromatic nitrogens is 2. The van der Waals surface area contributed by atoms with Gasteiger partial charge in [0, 0.05) is 25.7 Å². The summed E-state index contributed by atoms with van der Waals surface area (Å²) in [7, 11) is 1.88. The molecule has 134 valence electrons. The van der Waals surface area contributed by atoms with Crippen LogP contribution in [-0.4, -0.2) is 38.8 Å². The molecule has 1 aromatic carbocycles. The Morgan fingerprint density at radius 3 is 2.96 bits per heavy atom. The molecule has 0 aliphatic carbocycles. The fourth-order valence-corrected chi connectivity index (χ4v) is 3.87. The zero-order valence-corrected chi connectivity index (χ0v) is 15.5. The number of carbonyl (C=O) groups is 1. The molecule has 0 amide bonds. The summed E-state index contributed by atoms with van der Waals surface area (Å²) in [4.78, 5) is 13.6. The van der Waals surface area contributed by atoms with Crippen molar-refractivity contribution in [3.63, 3.8) is 0 Å². The smallest absolute Gasteiger partial charge is 0.335 e. The largest absolute Gasteiger partial charge is 0.478 e. The molecule has 6 heteroatoms. The Bertz CT molecular complexity index is 772. The number of halogens is 1. The highest BCUT2D eigenvalue weighted by Crippen LogP contribution is 2.30. The monoisotopic (exact) mass is 361 g/mol. The second-order valence-electron chi connectivity index (χ2n) is 6.70. The molecule has 3 rings (SSSR count).